The van der Waals surface area contributed by atoms with E-state index in [1.165, 1.54) is 31.2 Å². The second-order valence-electron chi connectivity index (χ2n) is 5.10. The van der Waals surface area contributed by atoms with Crippen molar-refractivity contribution in [3.63, 3.8) is 0 Å². The van der Waals surface area contributed by atoms with Crippen molar-refractivity contribution in [1.82, 2.24) is 14.5 Å². The van der Waals surface area contributed by atoms with Crippen LogP contribution >= 0.6 is 0 Å². The van der Waals surface area contributed by atoms with Crippen LogP contribution in [0.25, 0.3) is 16.7 Å². The Labute approximate surface area is 119 Å². The third-order valence-electron chi connectivity index (χ3n) is 3.63. The number of fused-ring (bicyclic) bond motifs is 1. The minimum absolute atomic E-state index is 0.930. The lowest BCUT2D eigenvalue weighted by atomic mass is 10.1. The monoisotopic (exact) mass is 265 g/mol. The summed E-state index contributed by atoms with van der Waals surface area (Å²) in [6, 6.07) is 10.8. The van der Waals surface area contributed by atoms with Crippen LogP contribution in [0.5, 0.6) is 0 Å². The highest BCUT2D eigenvalue weighted by atomic mass is 15.1. The van der Waals surface area contributed by atoms with Gasteiger partial charge < -0.3 is 0 Å². The lowest BCUT2D eigenvalue weighted by Gasteiger charge is -2.06. The fraction of sp³-hybridized carbons (Fsp3) is 0.294. The highest BCUT2D eigenvalue weighted by Crippen LogP contribution is 2.18. The molecule has 102 valence electrons. The van der Waals surface area contributed by atoms with Crippen LogP contribution in [0.3, 0.4) is 0 Å². The van der Waals surface area contributed by atoms with Crippen molar-refractivity contribution in [2.75, 3.05) is 0 Å². The fourth-order valence-corrected chi connectivity index (χ4v) is 2.47. The van der Waals surface area contributed by atoms with Gasteiger partial charge in [0.1, 0.15) is 11.8 Å². The van der Waals surface area contributed by atoms with Gasteiger partial charge in [-0.3, -0.25) is 9.55 Å². The van der Waals surface area contributed by atoms with Crippen molar-refractivity contribution in [3.05, 3.63) is 54.6 Å². The molecule has 0 atom stereocenters. The van der Waals surface area contributed by atoms with Gasteiger partial charge in [0.15, 0.2) is 0 Å². The molecule has 1 aromatic carbocycles. The smallest absolute Gasteiger partial charge is 0.107 e. The molecule has 0 radical (unpaired) electrons. The van der Waals surface area contributed by atoms with Gasteiger partial charge in [0, 0.05) is 11.9 Å². The second-order valence-corrected chi connectivity index (χ2v) is 5.10. The van der Waals surface area contributed by atoms with Crippen LogP contribution in [0.4, 0.5) is 0 Å². The first kappa shape index (κ1) is 12.9. The average molecular weight is 265 g/mol. The molecule has 0 fully saturated rings. The lowest BCUT2D eigenvalue weighted by Crippen LogP contribution is -1.93. The zero-order chi connectivity index (χ0) is 13.8. The van der Waals surface area contributed by atoms with Gasteiger partial charge in [-0.05, 0) is 36.6 Å². The minimum Gasteiger partial charge on any atom is -0.299 e. The van der Waals surface area contributed by atoms with E-state index in [-0.39, 0.29) is 0 Å². The van der Waals surface area contributed by atoms with E-state index in [9.17, 15) is 0 Å². The number of pyridine rings is 1. The zero-order valence-corrected chi connectivity index (χ0v) is 11.8. The molecule has 20 heavy (non-hydrogen) atoms. The molecule has 2 aromatic heterocycles. The van der Waals surface area contributed by atoms with Crippen LogP contribution in [0.1, 0.15) is 31.7 Å². The largest absolute Gasteiger partial charge is 0.299 e. The lowest BCUT2D eigenvalue weighted by molar-refractivity contribution is 0.717. The van der Waals surface area contributed by atoms with Gasteiger partial charge in [-0.2, -0.15) is 0 Å². The highest BCUT2D eigenvalue weighted by Gasteiger charge is 2.04. The van der Waals surface area contributed by atoms with Crippen LogP contribution in [0.15, 0.2) is 49.1 Å². The number of hydrogen-bond acceptors (Lipinski definition) is 2. The first-order valence-electron chi connectivity index (χ1n) is 7.25. The SMILES string of the molecule is CCCCCc1ccc(-n2cnc3cnccc32)cc1. The molecule has 0 aliphatic rings. The van der Waals surface area contributed by atoms with E-state index in [0.717, 1.165) is 16.7 Å². The van der Waals surface area contributed by atoms with E-state index >= 15 is 0 Å². The summed E-state index contributed by atoms with van der Waals surface area (Å²) in [6.07, 6.45) is 10.5. The Balaban J connectivity index is 1.84. The van der Waals surface area contributed by atoms with Crippen molar-refractivity contribution in [1.29, 1.82) is 0 Å². The standard InChI is InChI=1S/C17H19N3/c1-2-3-4-5-14-6-8-15(9-7-14)20-13-19-16-12-18-11-10-17(16)20/h6-13H,2-5H2,1H3. The van der Waals surface area contributed by atoms with Gasteiger partial charge in [0.05, 0.1) is 11.7 Å². The molecule has 3 rings (SSSR count). The predicted molar refractivity (Wildman–Crippen MR) is 82.1 cm³/mol. The molecule has 0 bridgehead atoms. The summed E-state index contributed by atoms with van der Waals surface area (Å²) in [6.45, 7) is 2.24. The topological polar surface area (TPSA) is 30.7 Å². The van der Waals surface area contributed by atoms with Crippen LogP contribution in [-0.4, -0.2) is 14.5 Å². The highest BCUT2D eigenvalue weighted by molar-refractivity contribution is 5.76. The fourth-order valence-electron chi connectivity index (χ4n) is 2.47. The molecular formula is C17H19N3. The molecule has 0 unspecified atom stereocenters. The Bertz CT molecular complexity index is 683. The zero-order valence-electron chi connectivity index (χ0n) is 11.8. The summed E-state index contributed by atoms with van der Waals surface area (Å²) in [5.41, 5.74) is 4.59. The molecule has 0 amide bonds. The molecule has 0 spiro atoms. The molecule has 0 N–H and O–H groups in total. The van der Waals surface area contributed by atoms with Crippen LogP contribution < -0.4 is 0 Å². The first-order valence-corrected chi connectivity index (χ1v) is 7.25. The van der Waals surface area contributed by atoms with E-state index in [0.29, 0.717) is 0 Å². The van der Waals surface area contributed by atoms with Crippen molar-refractivity contribution >= 4 is 11.0 Å². The van der Waals surface area contributed by atoms with E-state index in [2.05, 4.69) is 45.7 Å². The van der Waals surface area contributed by atoms with Crippen molar-refractivity contribution in [2.24, 2.45) is 0 Å². The van der Waals surface area contributed by atoms with E-state index < -0.39 is 0 Å². The summed E-state index contributed by atoms with van der Waals surface area (Å²) in [7, 11) is 0. The molecule has 0 saturated carbocycles. The summed E-state index contributed by atoms with van der Waals surface area (Å²) in [4.78, 5) is 8.48. The third kappa shape index (κ3) is 2.57. The van der Waals surface area contributed by atoms with Gasteiger partial charge in [-0.25, -0.2) is 4.98 Å². The molecule has 0 aliphatic heterocycles. The van der Waals surface area contributed by atoms with Gasteiger partial charge in [0.25, 0.3) is 0 Å². The Morgan fingerprint density at radius 3 is 2.70 bits per heavy atom. The number of rotatable bonds is 5. The molecule has 2 heterocycles. The Morgan fingerprint density at radius 2 is 1.90 bits per heavy atom. The average Bonchev–Trinajstić information content (AvgIpc) is 2.92. The molecule has 0 saturated heterocycles. The quantitative estimate of drug-likeness (QED) is 0.649. The van der Waals surface area contributed by atoms with Crippen molar-refractivity contribution < 1.29 is 0 Å². The van der Waals surface area contributed by atoms with E-state index in [1.54, 1.807) is 12.4 Å². The number of unbranched alkanes of at least 4 members (excludes halogenated alkanes) is 2. The second kappa shape index (κ2) is 5.87. The van der Waals surface area contributed by atoms with E-state index in [1.807, 2.05) is 12.4 Å². The Kier molecular flexibility index (Phi) is 3.77. The number of aryl methyl sites for hydroxylation is 1. The minimum atomic E-state index is 0.930. The maximum Gasteiger partial charge on any atom is 0.107 e. The number of imidazole rings is 1. The van der Waals surface area contributed by atoms with Crippen LogP contribution in [0.2, 0.25) is 0 Å². The molecular weight excluding hydrogens is 246 g/mol. The number of aromatic nitrogens is 3. The Morgan fingerprint density at radius 1 is 1.05 bits per heavy atom. The van der Waals surface area contributed by atoms with Crippen LogP contribution in [0, 0.1) is 0 Å². The van der Waals surface area contributed by atoms with Gasteiger partial charge in [0.2, 0.25) is 0 Å². The maximum absolute atomic E-state index is 4.38. The first-order chi connectivity index (χ1) is 9.88. The maximum atomic E-state index is 4.38. The predicted octanol–water partition coefficient (Wildman–Crippen LogP) is 4.15. The van der Waals surface area contributed by atoms with E-state index in [4.69, 9.17) is 0 Å². The number of benzene rings is 1. The summed E-state index contributed by atoms with van der Waals surface area (Å²) in [5, 5.41) is 0. The summed E-state index contributed by atoms with van der Waals surface area (Å²) in [5.74, 6) is 0. The van der Waals surface area contributed by atoms with Crippen LogP contribution in [-0.2, 0) is 6.42 Å². The van der Waals surface area contributed by atoms with Gasteiger partial charge in [-0.1, -0.05) is 31.9 Å². The normalized spacial score (nSPS) is 11.1. The van der Waals surface area contributed by atoms with Crippen molar-refractivity contribution in [2.45, 2.75) is 32.6 Å². The summed E-state index contributed by atoms with van der Waals surface area (Å²) >= 11 is 0. The number of nitrogens with zero attached hydrogens (tertiary/aromatic N) is 3. The molecule has 3 nitrogen and oxygen atoms in total. The number of hydrogen-bond donors (Lipinski definition) is 0. The Hall–Kier alpha value is -2.16. The molecule has 3 aromatic rings. The third-order valence-corrected chi connectivity index (χ3v) is 3.63. The van der Waals surface area contributed by atoms with Gasteiger partial charge in [-0.15, -0.1) is 0 Å². The molecule has 0 aliphatic carbocycles. The summed E-state index contributed by atoms with van der Waals surface area (Å²) < 4.78 is 2.10. The van der Waals surface area contributed by atoms with Gasteiger partial charge >= 0.3 is 0 Å². The molecule has 3 heteroatoms. The van der Waals surface area contributed by atoms with Crippen molar-refractivity contribution in [3.8, 4) is 5.69 Å².